The van der Waals surface area contributed by atoms with Gasteiger partial charge in [-0.2, -0.15) is 0 Å². The number of fused-ring (bicyclic) bond motifs is 1. The molecule has 0 fully saturated rings. The van der Waals surface area contributed by atoms with Gasteiger partial charge in [-0.25, -0.2) is 0 Å². The molecule has 1 aromatic carbocycles. The Kier molecular flexibility index (Phi) is 2.25. The van der Waals surface area contributed by atoms with Crippen LogP contribution in [0.3, 0.4) is 0 Å². The number of methoxy groups -OCH3 is 1. The van der Waals surface area contributed by atoms with Crippen LogP contribution in [-0.2, 0) is 0 Å². The van der Waals surface area contributed by atoms with Crippen molar-refractivity contribution in [1.29, 1.82) is 0 Å². The van der Waals surface area contributed by atoms with Crippen LogP contribution >= 0.6 is 0 Å². The minimum atomic E-state index is 0.113. The second kappa shape index (κ2) is 3.33. The summed E-state index contributed by atoms with van der Waals surface area (Å²) in [6.07, 6.45) is 0. The molecule has 0 spiro atoms. The van der Waals surface area contributed by atoms with E-state index in [0.717, 1.165) is 23.7 Å². The number of para-hydroxylation sites is 1. The summed E-state index contributed by atoms with van der Waals surface area (Å²) < 4.78 is 5.39. The summed E-state index contributed by atoms with van der Waals surface area (Å²) in [6.45, 7) is 5.38. The molecule has 0 bridgehead atoms. The first-order valence-corrected chi connectivity index (χ1v) is 5.21. The van der Waals surface area contributed by atoms with Crippen molar-refractivity contribution < 1.29 is 4.74 Å². The fourth-order valence-corrected chi connectivity index (χ4v) is 1.91. The second-order valence-electron chi connectivity index (χ2n) is 4.58. The van der Waals surface area contributed by atoms with Crippen molar-refractivity contribution in [1.82, 2.24) is 0 Å². The van der Waals surface area contributed by atoms with Crippen molar-refractivity contribution in [3.63, 3.8) is 0 Å². The average molecular weight is 206 g/mol. The van der Waals surface area contributed by atoms with E-state index in [0.29, 0.717) is 0 Å². The Morgan fingerprint density at radius 1 is 1.40 bits per heavy atom. The molecule has 0 amide bonds. The molecule has 3 heteroatoms. The fourth-order valence-electron chi connectivity index (χ4n) is 1.91. The molecule has 82 valence electrons. The standard InChI is InChI=1S/C12H18N2O/c1-12(2)8-13-9-6-5-7-10(15-4)11(9)14(12)3/h5-7,13H,8H2,1-4H3. The third-order valence-corrected chi connectivity index (χ3v) is 3.17. The number of hydrogen-bond acceptors (Lipinski definition) is 3. The molecule has 0 atom stereocenters. The van der Waals surface area contributed by atoms with E-state index >= 15 is 0 Å². The molecule has 0 unspecified atom stereocenters. The zero-order chi connectivity index (χ0) is 11.1. The number of likely N-dealkylation sites (N-methyl/N-ethyl adjacent to an activating group) is 1. The molecule has 15 heavy (non-hydrogen) atoms. The largest absolute Gasteiger partial charge is 0.495 e. The predicted molar refractivity (Wildman–Crippen MR) is 64.0 cm³/mol. The Hall–Kier alpha value is -1.38. The molecule has 1 aromatic rings. The summed E-state index contributed by atoms with van der Waals surface area (Å²) in [5.74, 6) is 0.926. The number of nitrogens with one attached hydrogen (secondary N) is 1. The third kappa shape index (κ3) is 1.52. The molecule has 0 aliphatic carbocycles. The quantitative estimate of drug-likeness (QED) is 0.763. The number of benzene rings is 1. The lowest BCUT2D eigenvalue weighted by Crippen LogP contribution is -2.50. The van der Waals surface area contributed by atoms with Gasteiger partial charge in [0.2, 0.25) is 0 Å². The Balaban J connectivity index is 2.53. The minimum Gasteiger partial charge on any atom is -0.495 e. The van der Waals surface area contributed by atoms with Crippen molar-refractivity contribution in [2.24, 2.45) is 0 Å². The van der Waals surface area contributed by atoms with E-state index in [9.17, 15) is 0 Å². The van der Waals surface area contributed by atoms with Gasteiger partial charge in [0.05, 0.1) is 18.3 Å². The monoisotopic (exact) mass is 206 g/mol. The van der Waals surface area contributed by atoms with Crippen molar-refractivity contribution in [3.8, 4) is 5.75 Å². The van der Waals surface area contributed by atoms with Gasteiger partial charge >= 0.3 is 0 Å². The predicted octanol–water partition coefficient (Wildman–Crippen LogP) is 2.34. The third-order valence-electron chi connectivity index (χ3n) is 3.17. The highest BCUT2D eigenvalue weighted by atomic mass is 16.5. The van der Waals surface area contributed by atoms with E-state index in [1.807, 2.05) is 12.1 Å². The van der Waals surface area contributed by atoms with Crippen LogP contribution in [0.2, 0.25) is 0 Å². The van der Waals surface area contributed by atoms with Crippen LogP contribution in [0.15, 0.2) is 18.2 Å². The molecule has 0 saturated carbocycles. The maximum absolute atomic E-state index is 5.39. The highest BCUT2D eigenvalue weighted by molar-refractivity contribution is 5.79. The van der Waals surface area contributed by atoms with Gasteiger partial charge in [0.1, 0.15) is 11.4 Å². The lowest BCUT2D eigenvalue weighted by molar-refractivity contribution is 0.407. The van der Waals surface area contributed by atoms with Gasteiger partial charge in [0.25, 0.3) is 0 Å². The highest BCUT2D eigenvalue weighted by Crippen LogP contribution is 2.41. The van der Waals surface area contributed by atoms with Crippen LogP contribution in [-0.4, -0.2) is 26.2 Å². The Morgan fingerprint density at radius 3 is 2.80 bits per heavy atom. The summed E-state index contributed by atoms with van der Waals surface area (Å²) in [5, 5.41) is 3.44. The van der Waals surface area contributed by atoms with Crippen molar-refractivity contribution >= 4 is 11.4 Å². The summed E-state index contributed by atoms with van der Waals surface area (Å²) in [5.41, 5.74) is 2.41. The smallest absolute Gasteiger partial charge is 0.144 e. The summed E-state index contributed by atoms with van der Waals surface area (Å²) in [4.78, 5) is 2.28. The van der Waals surface area contributed by atoms with Crippen molar-refractivity contribution in [3.05, 3.63) is 18.2 Å². The van der Waals surface area contributed by atoms with Crippen LogP contribution in [0.25, 0.3) is 0 Å². The first-order valence-electron chi connectivity index (χ1n) is 5.21. The maximum Gasteiger partial charge on any atom is 0.144 e. The average Bonchev–Trinajstić information content (AvgIpc) is 2.23. The molecular formula is C12H18N2O. The van der Waals surface area contributed by atoms with Gasteiger partial charge in [-0.05, 0) is 26.0 Å². The van der Waals surface area contributed by atoms with E-state index in [4.69, 9.17) is 4.74 Å². The zero-order valence-corrected chi connectivity index (χ0v) is 9.79. The van der Waals surface area contributed by atoms with Gasteiger partial charge < -0.3 is 15.0 Å². The van der Waals surface area contributed by atoms with Crippen LogP contribution in [0, 0.1) is 0 Å². The molecule has 1 aliphatic heterocycles. The van der Waals surface area contributed by atoms with Gasteiger partial charge in [-0.15, -0.1) is 0 Å². The SMILES string of the molecule is COc1cccc2c1N(C)C(C)(C)CN2. The lowest BCUT2D eigenvalue weighted by Gasteiger charge is -2.43. The first-order chi connectivity index (χ1) is 7.06. The molecule has 1 N–H and O–H groups in total. The Bertz CT molecular complexity index is 360. The number of hydrogen-bond donors (Lipinski definition) is 1. The van der Waals surface area contributed by atoms with Crippen LogP contribution < -0.4 is 15.0 Å². The van der Waals surface area contributed by atoms with Gasteiger partial charge in [0.15, 0.2) is 0 Å². The summed E-state index contributed by atoms with van der Waals surface area (Å²) >= 11 is 0. The molecule has 3 nitrogen and oxygen atoms in total. The van der Waals surface area contributed by atoms with E-state index in [-0.39, 0.29) is 5.54 Å². The van der Waals surface area contributed by atoms with E-state index in [1.165, 1.54) is 0 Å². The minimum absolute atomic E-state index is 0.113. The molecule has 1 heterocycles. The Morgan fingerprint density at radius 2 is 2.13 bits per heavy atom. The van der Waals surface area contributed by atoms with Crippen molar-refractivity contribution in [2.75, 3.05) is 30.9 Å². The number of rotatable bonds is 1. The summed E-state index contributed by atoms with van der Waals surface area (Å²) in [6, 6.07) is 6.10. The number of nitrogens with zero attached hydrogens (tertiary/aromatic N) is 1. The van der Waals surface area contributed by atoms with E-state index in [2.05, 4.69) is 37.2 Å². The number of anilines is 2. The molecule has 1 aliphatic rings. The van der Waals surface area contributed by atoms with Crippen LogP contribution in [0.5, 0.6) is 5.75 Å². The lowest BCUT2D eigenvalue weighted by atomic mass is 9.98. The molecule has 0 aromatic heterocycles. The normalized spacial score (nSPS) is 18.0. The molecule has 0 radical (unpaired) electrons. The first kappa shape index (κ1) is 10.1. The van der Waals surface area contributed by atoms with Crippen LogP contribution in [0.4, 0.5) is 11.4 Å². The van der Waals surface area contributed by atoms with Crippen molar-refractivity contribution in [2.45, 2.75) is 19.4 Å². The molecular weight excluding hydrogens is 188 g/mol. The van der Waals surface area contributed by atoms with Gasteiger partial charge in [-0.3, -0.25) is 0 Å². The van der Waals surface area contributed by atoms with E-state index < -0.39 is 0 Å². The zero-order valence-electron chi connectivity index (χ0n) is 9.79. The Labute approximate surface area is 91.0 Å². The molecule has 2 rings (SSSR count). The molecule has 0 saturated heterocycles. The summed E-state index contributed by atoms with van der Waals surface area (Å²) in [7, 11) is 3.83. The topological polar surface area (TPSA) is 24.5 Å². The van der Waals surface area contributed by atoms with Gasteiger partial charge in [0, 0.05) is 13.6 Å². The van der Waals surface area contributed by atoms with Crippen LogP contribution in [0.1, 0.15) is 13.8 Å². The van der Waals surface area contributed by atoms with E-state index in [1.54, 1.807) is 7.11 Å². The van der Waals surface area contributed by atoms with Gasteiger partial charge in [-0.1, -0.05) is 6.07 Å². The second-order valence-corrected chi connectivity index (χ2v) is 4.58. The highest BCUT2D eigenvalue weighted by Gasteiger charge is 2.31. The number of ether oxygens (including phenoxy) is 1. The fraction of sp³-hybridized carbons (Fsp3) is 0.500. The maximum atomic E-state index is 5.39.